The van der Waals surface area contributed by atoms with Gasteiger partial charge in [-0.1, -0.05) is 48.5 Å². The first-order valence-electron chi connectivity index (χ1n) is 9.83. The van der Waals surface area contributed by atoms with Gasteiger partial charge in [0.15, 0.2) is 17.3 Å². The molecule has 3 heterocycles. The molecule has 0 spiro atoms. The van der Waals surface area contributed by atoms with Crippen molar-refractivity contribution in [2.75, 3.05) is 5.73 Å². The second kappa shape index (κ2) is 8.07. The first-order valence-corrected chi connectivity index (χ1v) is 9.83. The number of rotatable bonds is 4. The lowest BCUT2D eigenvalue weighted by molar-refractivity contribution is 0.210. The summed E-state index contributed by atoms with van der Waals surface area (Å²) in [6.45, 7) is 0. The molecule has 0 amide bonds. The summed E-state index contributed by atoms with van der Waals surface area (Å²) in [6, 6.07) is 17.7. The van der Waals surface area contributed by atoms with Gasteiger partial charge in [0.2, 0.25) is 5.95 Å². The molecular formula is C23H15FN8O. The van der Waals surface area contributed by atoms with Gasteiger partial charge in [0.1, 0.15) is 18.1 Å². The Bertz CT molecular complexity index is 1530. The molecule has 9 nitrogen and oxygen atoms in total. The third-order valence-corrected chi connectivity index (χ3v) is 5.09. The SMILES string of the molecule is N#Cc1ccccc1-c1nc(N)n2nc(C(O)c3ccccc3)nc2c1-c1ncncc1F. The van der Waals surface area contributed by atoms with E-state index in [1.807, 2.05) is 6.07 Å². The van der Waals surface area contributed by atoms with Crippen LogP contribution in [0.2, 0.25) is 0 Å². The largest absolute Gasteiger partial charge is 0.380 e. The summed E-state index contributed by atoms with van der Waals surface area (Å²) in [5.41, 5.74) is 7.93. The van der Waals surface area contributed by atoms with Gasteiger partial charge >= 0.3 is 0 Å². The number of aromatic nitrogens is 6. The second-order valence-corrected chi connectivity index (χ2v) is 7.09. The van der Waals surface area contributed by atoms with Gasteiger partial charge in [0.05, 0.1) is 29.1 Å². The monoisotopic (exact) mass is 438 g/mol. The van der Waals surface area contributed by atoms with E-state index in [0.29, 0.717) is 16.7 Å². The minimum absolute atomic E-state index is 0.0510. The van der Waals surface area contributed by atoms with E-state index in [1.165, 1.54) is 10.8 Å². The van der Waals surface area contributed by atoms with Crippen LogP contribution in [-0.2, 0) is 0 Å². The van der Waals surface area contributed by atoms with Gasteiger partial charge in [-0.3, -0.25) is 0 Å². The van der Waals surface area contributed by atoms with E-state index in [1.54, 1.807) is 48.5 Å². The van der Waals surface area contributed by atoms with Crippen molar-refractivity contribution >= 4 is 11.6 Å². The molecule has 5 rings (SSSR count). The molecule has 0 bridgehead atoms. The average molecular weight is 438 g/mol. The number of nitrogens with zero attached hydrogens (tertiary/aromatic N) is 7. The lowest BCUT2D eigenvalue weighted by Crippen LogP contribution is -2.08. The molecule has 0 radical (unpaired) electrons. The second-order valence-electron chi connectivity index (χ2n) is 7.09. The Balaban J connectivity index is 1.84. The number of anilines is 1. The molecule has 1 atom stereocenters. The van der Waals surface area contributed by atoms with Crippen molar-refractivity contribution in [2.24, 2.45) is 0 Å². The number of aliphatic hydroxyl groups is 1. The molecule has 0 aliphatic carbocycles. The van der Waals surface area contributed by atoms with Crippen LogP contribution in [-0.4, -0.2) is 34.7 Å². The maximum atomic E-state index is 14.9. The zero-order chi connectivity index (χ0) is 22.9. The third-order valence-electron chi connectivity index (χ3n) is 5.09. The highest BCUT2D eigenvalue weighted by Gasteiger charge is 2.26. The Hall–Kier alpha value is -4.75. The minimum Gasteiger partial charge on any atom is -0.380 e. The van der Waals surface area contributed by atoms with Crippen LogP contribution in [0, 0.1) is 17.1 Å². The molecular weight excluding hydrogens is 423 g/mol. The molecule has 0 saturated heterocycles. The maximum absolute atomic E-state index is 14.9. The topological polar surface area (TPSA) is 139 Å². The molecule has 2 aromatic carbocycles. The molecule has 33 heavy (non-hydrogen) atoms. The van der Waals surface area contributed by atoms with Gasteiger partial charge in [0, 0.05) is 5.56 Å². The lowest BCUT2D eigenvalue weighted by Gasteiger charge is -2.12. The van der Waals surface area contributed by atoms with Crippen molar-refractivity contribution in [3.63, 3.8) is 0 Å². The van der Waals surface area contributed by atoms with Gasteiger partial charge < -0.3 is 10.8 Å². The summed E-state index contributed by atoms with van der Waals surface area (Å²) >= 11 is 0. The normalized spacial score (nSPS) is 11.9. The predicted molar refractivity (Wildman–Crippen MR) is 117 cm³/mol. The summed E-state index contributed by atoms with van der Waals surface area (Å²) < 4.78 is 16.1. The molecule has 0 aliphatic rings. The lowest BCUT2D eigenvalue weighted by atomic mass is 9.99. The van der Waals surface area contributed by atoms with Crippen LogP contribution in [0.4, 0.5) is 10.3 Å². The van der Waals surface area contributed by atoms with Crippen molar-refractivity contribution in [3.05, 3.63) is 89.9 Å². The van der Waals surface area contributed by atoms with Gasteiger partial charge in [-0.2, -0.15) is 9.78 Å². The Morgan fingerprint density at radius 3 is 2.55 bits per heavy atom. The highest BCUT2D eigenvalue weighted by atomic mass is 19.1. The number of aliphatic hydroxyl groups excluding tert-OH is 1. The van der Waals surface area contributed by atoms with Crippen molar-refractivity contribution in [1.82, 2.24) is 29.5 Å². The van der Waals surface area contributed by atoms with Crippen LogP contribution in [0.25, 0.3) is 28.2 Å². The van der Waals surface area contributed by atoms with Crippen LogP contribution in [0.5, 0.6) is 0 Å². The molecule has 3 aromatic heterocycles. The Morgan fingerprint density at radius 1 is 1.03 bits per heavy atom. The Labute approximate surface area is 186 Å². The first-order chi connectivity index (χ1) is 16.1. The van der Waals surface area contributed by atoms with Crippen LogP contribution in [0.15, 0.2) is 67.1 Å². The predicted octanol–water partition coefficient (Wildman–Crippen LogP) is 2.92. The highest BCUT2D eigenvalue weighted by molar-refractivity contribution is 5.90. The highest BCUT2D eigenvalue weighted by Crippen LogP contribution is 2.36. The number of hydrogen-bond acceptors (Lipinski definition) is 8. The number of nitriles is 1. The summed E-state index contributed by atoms with van der Waals surface area (Å²) in [4.78, 5) is 16.7. The van der Waals surface area contributed by atoms with E-state index in [4.69, 9.17) is 5.73 Å². The van der Waals surface area contributed by atoms with Crippen molar-refractivity contribution < 1.29 is 9.50 Å². The fourth-order valence-electron chi connectivity index (χ4n) is 3.57. The summed E-state index contributed by atoms with van der Waals surface area (Å²) in [6.07, 6.45) is 1.07. The van der Waals surface area contributed by atoms with Gasteiger partial charge in [-0.15, -0.1) is 5.10 Å². The van der Waals surface area contributed by atoms with Gasteiger partial charge in [-0.05, 0) is 11.6 Å². The van der Waals surface area contributed by atoms with Crippen LogP contribution < -0.4 is 5.73 Å². The molecule has 0 aliphatic heterocycles. The summed E-state index contributed by atoms with van der Waals surface area (Å²) in [5, 5.41) is 24.8. The summed E-state index contributed by atoms with van der Waals surface area (Å²) in [7, 11) is 0. The molecule has 1 unspecified atom stereocenters. The Morgan fingerprint density at radius 2 is 1.79 bits per heavy atom. The number of benzene rings is 2. The zero-order valence-electron chi connectivity index (χ0n) is 17.0. The van der Waals surface area contributed by atoms with E-state index in [-0.39, 0.29) is 34.4 Å². The maximum Gasteiger partial charge on any atom is 0.223 e. The molecule has 10 heteroatoms. The molecule has 3 N–H and O–H groups in total. The van der Waals surface area contributed by atoms with Gasteiger partial charge in [-0.25, -0.2) is 24.3 Å². The number of fused-ring (bicyclic) bond motifs is 1. The fraction of sp³-hybridized carbons (Fsp3) is 0.0435. The number of nitrogens with two attached hydrogens (primary N) is 1. The van der Waals surface area contributed by atoms with E-state index in [2.05, 4.69) is 31.1 Å². The van der Waals surface area contributed by atoms with Crippen molar-refractivity contribution in [1.29, 1.82) is 5.26 Å². The molecule has 5 aromatic rings. The van der Waals surface area contributed by atoms with Crippen LogP contribution in [0.3, 0.4) is 0 Å². The number of halogens is 1. The minimum atomic E-state index is -1.15. The van der Waals surface area contributed by atoms with Crippen molar-refractivity contribution in [2.45, 2.75) is 6.10 Å². The Kier molecular flexibility index (Phi) is 4.93. The van der Waals surface area contributed by atoms with Crippen LogP contribution >= 0.6 is 0 Å². The molecule has 0 saturated carbocycles. The zero-order valence-corrected chi connectivity index (χ0v) is 17.0. The number of nitrogen functional groups attached to an aromatic ring is 1. The quantitative estimate of drug-likeness (QED) is 0.437. The smallest absolute Gasteiger partial charge is 0.223 e. The summed E-state index contributed by atoms with van der Waals surface area (Å²) in [5.74, 6) is -0.712. The first kappa shape index (κ1) is 20.2. The van der Waals surface area contributed by atoms with E-state index >= 15 is 0 Å². The van der Waals surface area contributed by atoms with Crippen molar-refractivity contribution in [3.8, 4) is 28.6 Å². The van der Waals surface area contributed by atoms with Gasteiger partial charge in [0.25, 0.3) is 0 Å². The van der Waals surface area contributed by atoms with E-state index in [9.17, 15) is 14.8 Å². The van der Waals surface area contributed by atoms with E-state index in [0.717, 1.165) is 6.20 Å². The fourth-order valence-corrected chi connectivity index (χ4v) is 3.57. The van der Waals surface area contributed by atoms with E-state index < -0.39 is 11.9 Å². The van der Waals surface area contributed by atoms with Crippen LogP contribution in [0.1, 0.15) is 23.1 Å². The standard InChI is InChI=1S/C23H15FN8O/c24-16-11-27-12-28-19(16)17-18(15-9-5-4-8-14(15)10-25)29-23(26)32-22(17)30-21(31-32)20(33)13-6-2-1-3-7-13/h1-9,11-12,20,33H,(H2,26,29). The molecule has 0 fully saturated rings. The average Bonchev–Trinajstić information content (AvgIpc) is 3.31. The number of hydrogen-bond donors (Lipinski definition) is 2. The molecule has 160 valence electrons. The third kappa shape index (κ3) is 3.42.